The average molecular weight is 451 g/mol. The molecule has 0 N–H and O–H groups in total. The Morgan fingerprint density at radius 1 is 0.935 bits per heavy atom. The van der Waals surface area contributed by atoms with Crippen LogP contribution in [0.1, 0.15) is 10.5 Å². The first-order chi connectivity index (χ1) is 15.0. The van der Waals surface area contributed by atoms with Crippen LogP contribution >= 0.6 is 23.4 Å². The van der Waals surface area contributed by atoms with Gasteiger partial charge < -0.3 is 4.74 Å². The summed E-state index contributed by atoms with van der Waals surface area (Å²) in [7, 11) is 0. The third kappa shape index (κ3) is 4.60. The Balaban J connectivity index is 1.74. The lowest BCUT2D eigenvalue weighted by molar-refractivity contribution is 0.0808. The predicted octanol–water partition coefficient (Wildman–Crippen LogP) is 5.47. The maximum absolute atomic E-state index is 13.4. The molecule has 0 aliphatic carbocycles. The molecule has 4 aromatic rings. The van der Waals surface area contributed by atoms with Crippen LogP contribution in [0.4, 0.5) is 0 Å². The summed E-state index contributed by atoms with van der Waals surface area (Å²) >= 11 is 7.28. The molecule has 1 aromatic heterocycles. The smallest absolute Gasteiger partial charge is 0.286 e. The maximum Gasteiger partial charge on any atom is 0.286 e. The molecule has 31 heavy (non-hydrogen) atoms. The number of hydrogen-bond acceptors (Lipinski definition) is 4. The van der Waals surface area contributed by atoms with E-state index in [4.69, 9.17) is 16.3 Å². The minimum Gasteiger partial charge on any atom is -0.484 e. The average Bonchev–Trinajstić information content (AvgIpc) is 3.05. The lowest BCUT2D eigenvalue weighted by Gasteiger charge is -2.13. The Bertz CT molecular complexity index is 1250. The molecule has 0 fully saturated rings. The number of para-hydroxylation sites is 2. The van der Waals surface area contributed by atoms with Crippen LogP contribution in [-0.2, 0) is 0 Å². The van der Waals surface area contributed by atoms with Crippen molar-refractivity contribution in [1.29, 1.82) is 0 Å². The van der Waals surface area contributed by atoms with E-state index in [0.717, 1.165) is 4.90 Å². The van der Waals surface area contributed by atoms with E-state index in [-0.39, 0.29) is 18.1 Å². The number of rotatable bonds is 6. The molecule has 5 nitrogen and oxygen atoms in total. The molecular formula is C24H19ClN2O3S. The van der Waals surface area contributed by atoms with Crippen molar-refractivity contribution in [3.63, 3.8) is 0 Å². The molecule has 3 aromatic carbocycles. The molecule has 0 spiro atoms. The van der Waals surface area contributed by atoms with Crippen molar-refractivity contribution in [3.8, 4) is 11.4 Å². The van der Waals surface area contributed by atoms with Gasteiger partial charge in [-0.25, -0.2) is 9.36 Å². The molecule has 0 radical (unpaired) electrons. The van der Waals surface area contributed by atoms with E-state index in [2.05, 4.69) is 0 Å². The van der Waals surface area contributed by atoms with Crippen molar-refractivity contribution in [2.75, 3.05) is 6.61 Å². The van der Waals surface area contributed by atoms with E-state index >= 15 is 0 Å². The van der Waals surface area contributed by atoms with Crippen molar-refractivity contribution in [2.24, 2.45) is 0 Å². The largest absolute Gasteiger partial charge is 0.484 e. The van der Waals surface area contributed by atoms with E-state index in [9.17, 15) is 9.59 Å². The highest BCUT2D eigenvalue weighted by Gasteiger charge is 2.23. The fraction of sp³-hybridized carbons (Fsp3) is 0.0833. The van der Waals surface area contributed by atoms with Crippen molar-refractivity contribution >= 4 is 29.3 Å². The molecule has 0 unspecified atom stereocenters. The minimum absolute atomic E-state index is 0.198. The molecule has 0 amide bonds. The molecule has 0 saturated carbocycles. The summed E-state index contributed by atoms with van der Waals surface area (Å²) < 4.78 is 8.42. The number of nitrogens with zero attached hydrogens (tertiary/aromatic N) is 2. The normalized spacial score (nSPS) is 10.8. The molecular weight excluding hydrogens is 432 g/mol. The van der Waals surface area contributed by atoms with Gasteiger partial charge in [-0.15, -0.1) is 0 Å². The van der Waals surface area contributed by atoms with E-state index in [1.807, 2.05) is 48.5 Å². The Labute approximate surface area is 188 Å². The fourth-order valence-corrected chi connectivity index (χ4v) is 4.19. The molecule has 0 aliphatic heterocycles. The van der Waals surface area contributed by atoms with Gasteiger partial charge in [-0.05, 0) is 55.5 Å². The topological polar surface area (TPSA) is 53.2 Å². The number of carbonyl (C=O) groups excluding carboxylic acids is 1. The third-order valence-corrected chi connectivity index (χ3v) is 6.04. The monoisotopic (exact) mass is 450 g/mol. The van der Waals surface area contributed by atoms with E-state index in [1.54, 1.807) is 43.3 Å². The first kappa shape index (κ1) is 21.0. The summed E-state index contributed by atoms with van der Waals surface area (Å²) in [6.07, 6.45) is 0. The highest BCUT2D eigenvalue weighted by molar-refractivity contribution is 7.99. The Morgan fingerprint density at radius 2 is 1.55 bits per heavy atom. The number of carbonyl (C=O) groups is 1. The molecule has 0 saturated heterocycles. The molecule has 0 bridgehead atoms. The second-order valence-electron chi connectivity index (χ2n) is 6.73. The maximum atomic E-state index is 13.4. The first-order valence-corrected chi connectivity index (χ1v) is 10.8. The summed E-state index contributed by atoms with van der Waals surface area (Å²) in [6, 6.07) is 25.4. The third-order valence-electron chi connectivity index (χ3n) is 4.61. The van der Waals surface area contributed by atoms with Crippen molar-refractivity contribution < 1.29 is 9.53 Å². The van der Waals surface area contributed by atoms with Gasteiger partial charge in [-0.3, -0.25) is 9.59 Å². The highest BCUT2D eigenvalue weighted by Crippen LogP contribution is 2.29. The molecule has 7 heteroatoms. The number of hydrogen-bond donors (Lipinski definition) is 0. The van der Waals surface area contributed by atoms with Gasteiger partial charge in [0.1, 0.15) is 10.6 Å². The summed E-state index contributed by atoms with van der Waals surface area (Å²) in [4.78, 5) is 27.8. The van der Waals surface area contributed by atoms with Gasteiger partial charge in [0, 0.05) is 9.92 Å². The summed E-state index contributed by atoms with van der Waals surface area (Å²) in [5, 5.41) is 0.619. The number of benzene rings is 3. The van der Waals surface area contributed by atoms with Crippen LogP contribution in [-0.4, -0.2) is 21.9 Å². The molecule has 0 aliphatic rings. The van der Waals surface area contributed by atoms with Crippen molar-refractivity contribution in [2.45, 2.75) is 16.7 Å². The van der Waals surface area contributed by atoms with Gasteiger partial charge in [0.25, 0.3) is 11.5 Å². The summed E-state index contributed by atoms with van der Waals surface area (Å²) in [5.74, 6) is 0.246. The van der Waals surface area contributed by atoms with Crippen LogP contribution < -0.4 is 10.3 Å². The van der Waals surface area contributed by atoms with Gasteiger partial charge in [-0.1, -0.05) is 59.8 Å². The van der Waals surface area contributed by atoms with Gasteiger partial charge >= 0.3 is 0 Å². The Kier molecular flexibility index (Phi) is 6.30. The van der Waals surface area contributed by atoms with Crippen LogP contribution in [0, 0.1) is 6.92 Å². The number of ether oxygens (including phenoxy) is 1. The van der Waals surface area contributed by atoms with Crippen molar-refractivity contribution in [3.05, 3.63) is 106 Å². The molecule has 1 heterocycles. The highest BCUT2D eigenvalue weighted by atomic mass is 35.5. The summed E-state index contributed by atoms with van der Waals surface area (Å²) in [6.45, 7) is 1.57. The van der Waals surface area contributed by atoms with Gasteiger partial charge in [0.15, 0.2) is 6.61 Å². The zero-order valence-electron chi connectivity index (χ0n) is 16.7. The predicted molar refractivity (Wildman–Crippen MR) is 123 cm³/mol. The van der Waals surface area contributed by atoms with Crippen LogP contribution in [0.2, 0.25) is 5.02 Å². The quantitative estimate of drug-likeness (QED) is 0.391. The Hall–Kier alpha value is -3.22. The second-order valence-corrected chi connectivity index (χ2v) is 8.25. The van der Waals surface area contributed by atoms with Gasteiger partial charge in [-0.2, -0.15) is 0 Å². The van der Waals surface area contributed by atoms with E-state index in [1.165, 1.54) is 21.1 Å². The van der Waals surface area contributed by atoms with Crippen LogP contribution in [0.3, 0.4) is 0 Å². The number of halogens is 1. The zero-order chi connectivity index (χ0) is 21.8. The Morgan fingerprint density at radius 3 is 2.19 bits per heavy atom. The fourth-order valence-electron chi connectivity index (χ4n) is 3.15. The zero-order valence-corrected chi connectivity index (χ0v) is 18.3. The second kappa shape index (κ2) is 9.29. The lowest BCUT2D eigenvalue weighted by Crippen LogP contribution is -2.30. The van der Waals surface area contributed by atoms with E-state index in [0.29, 0.717) is 27.0 Å². The van der Waals surface area contributed by atoms with Crippen LogP contribution in [0.25, 0.3) is 5.69 Å². The van der Waals surface area contributed by atoms with Crippen LogP contribution in [0.15, 0.2) is 99.5 Å². The SMILES string of the molecule is Cc1c(Sc2ccc(Cl)cc2)c(=O)n(-c2ccccc2)n1C(=O)COc1ccccc1. The van der Waals surface area contributed by atoms with E-state index < -0.39 is 0 Å². The molecule has 0 atom stereocenters. The number of aromatic nitrogens is 2. The van der Waals surface area contributed by atoms with Gasteiger partial charge in [0.05, 0.1) is 11.4 Å². The first-order valence-electron chi connectivity index (χ1n) is 9.59. The van der Waals surface area contributed by atoms with Crippen molar-refractivity contribution in [1.82, 2.24) is 9.36 Å². The van der Waals surface area contributed by atoms with Crippen LogP contribution in [0.5, 0.6) is 5.75 Å². The minimum atomic E-state index is -0.342. The van der Waals surface area contributed by atoms with Gasteiger partial charge in [0.2, 0.25) is 0 Å². The lowest BCUT2D eigenvalue weighted by atomic mass is 10.3. The molecule has 156 valence electrons. The standard InChI is InChI=1S/C24H19ClN2O3S/c1-17-23(31-21-14-12-18(25)13-15-21)24(29)27(19-8-4-2-5-9-19)26(17)22(28)16-30-20-10-6-3-7-11-20/h2-15H,16H2,1H3. The summed E-state index contributed by atoms with van der Waals surface area (Å²) in [5.41, 5.74) is 0.888. The molecule has 4 rings (SSSR count).